The Morgan fingerprint density at radius 2 is 1.88 bits per heavy atom. The summed E-state index contributed by atoms with van der Waals surface area (Å²) >= 11 is 5.50. The van der Waals surface area contributed by atoms with E-state index in [9.17, 15) is 0 Å². The number of nitrogens with zero attached hydrogens (tertiary/aromatic N) is 1. The zero-order chi connectivity index (χ0) is 12.2. The quantitative estimate of drug-likeness (QED) is 0.499. The van der Waals surface area contributed by atoms with Gasteiger partial charge < -0.3 is 4.90 Å². The summed E-state index contributed by atoms with van der Waals surface area (Å²) in [4.78, 5) is 3.75. The summed E-state index contributed by atoms with van der Waals surface area (Å²) in [6, 6.07) is 8.54. The molecule has 0 N–H and O–H groups in total. The highest BCUT2D eigenvalue weighted by atomic mass is 32.9. The summed E-state index contributed by atoms with van der Waals surface area (Å²) in [6.45, 7) is 4.53. The van der Waals surface area contributed by atoms with Crippen molar-refractivity contribution in [2.75, 3.05) is 11.9 Å². The van der Waals surface area contributed by atoms with Gasteiger partial charge in [0.05, 0.1) is 10.4 Å². The van der Waals surface area contributed by atoms with Crippen molar-refractivity contribution in [1.29, 1.82) is 0 Å². The number of fused-ring (bicyclic) bond motifs is 3. The number of rotatable bonds is 0. The lowest BCUT2D eigenvalue weighted by atomic mass is 9.88. The van der Waals surface area contributed by atoms with Crippen molar-refractivity contribution < 1.29 is 0 Å². The number of para-hydroxylation sites is 1. The summed E-state index contributed by atoms with van der Waals surface area (Å²) in [5.74, 6) is 0. The fraction of sp³-hybridized carbons (Fsp3) is 0.308. The van der Waals surface area contributed by atoms with Crippen LogP contribution < -0.4 is 4.90 Å². The molecule has 1 nitrogen and oxygen atoms in total. The Morgan fingerprint density at radius 3 is 2.65 bits per heavy atom. The van der Waals surface area contributed by atoms with Gasteiger partial charge in [-0.1, -0.05) is 51.1 Å². The maximum absolute atomic E-state index is 5.50. The molecule has 1 aromatic carbocycles. The minimum atomic E-state index is 0.0297. The molecule has 2 aromatic rings. The van der Waals surface area contributed by atoms with Gasteiger partial charge in [0.1, 0.15) is 3.82 Å². The Labute approximate surface area is 114 Å². The van der Waals surface area contributed by atoms with Gasteiger partial charge in [0.15, 0.2) is 0 Å². The van der Waals surface area contributed by atoms with Crippen LogP contribution >= 0.6 is 32.9 Å². The van der Waals surface area contributed by atoms with Gasteiger partial charge in [-0.3, -0.25) is 0 Å². The van der Waals surface area contributed by atoms with Crippen LogP contribution in [0.3, 0.4) is 0 Å². The van der Waals surface area contributed by atoms with Gasteiger partial charge in [0.2, 0.25) is 0 Å². The van der Waals surface area contributed by atoms with E-state index in [1.807, 2.05) is 10.3 Å². The molecule has 1 aromatic heterocycles. The Bertz CT molecular complexity index is 636. The first-order chi connectivity index (χ1) is 8.03. The highest BCUT2D eigenvalue weighted by Crippen LogP contribution is 2.50. The van der Waals surface area contributed by atoms with Crippen LogP contribution in [0.25, 0.3) is 11.1 Å². The molecule has 0 atom stereocenters. The van der Waals surface area contributed by atoms with Gasteiger partial charge in [0.25, 0.3) is 0 Å². The van der Waals surface area contributed by atoms with Crippen LogP contribution in [0.15, 0.2) is 24.3 Å². The smallest absolute Gasteiger partial charge is 0.110 e. The van der Waals surface area contributed by atoms with E-state index in [1.165, 1.54) is 21.7 Å². The number of hydrogen-bond donors (Lipinski definition) is 0. The molecule has 0 bridgehead atoms. The van der Waals surface area contributed by atoms with Crippen molar-refractivity contribution >= 4 is 38.6 Å². The maximum Gasteiger partial charge on any atom is 0.110 e. The Kier molecular flexibility index (Phi) is 2.44. The van der Waals surface area contributed by atoms with Gasteiger partial charge in [-0.25, -0.2) is 0 Å². The van der Waals surface area contributed by atoms with Crippen LogP contribution in [0.5, 0.6) is 0 Å². The molecule has 0 saturated heterocycles. The van der Waals surface area contributed by atoms with E-state index in [4.69, 9.17) is 12.2 Å². The molecule has 3 rings (SSSR count). The zero-order valence-electron chi connectivity index (χ0n) is 9.98. The lowest BCUT2D eigenvalue weighted by molar-refractivity contribution is 0.521. The Balaban J connectivity index is 2.44. The van der Waals surface area contributed by atoms with E-state index in [0.717, 1.165) is 3.82 Å². The second-order valence-electron chi connectivity index (χ2n) is 4.79. The molecular weight excluding hydrogens is 266 g/mol. The number of hydrogen-bond acceptors (Lipinski definition) is 4. The molecule has 0 unspecified atom stereocenters. The molecule has 0 radical (unpaired) electrons. The summed E-state index contributed by atoms with van der Waals surface area (Å²) < 4.78 is 1.03. The van der Waals surface area contributed by atoms with Gasteiger partial charge in [-0.2, -0.15) is 0 Å². The van der Waals surface area contributed by atoms with E-state index in [-0.39, 0.29) is 5.54 Å². The molecular formula is C13H13NS3. The Hall–Kier alpha value is -0.710. The molecule has 4 heteroatoms. The third-order valence-electron chi connectivity index (χ3n) is 3.56. The van der Waals surface area contributed by atoms with Crippen molar-refractivity contribution in [2.24, 2.45) is 0 Å². The largest absolute Gasteiger partial charge is 0.364 e. The summed E-state index contributed by atoms with van der Waals surface area (Å²) in [7, 11) is 5.70. The predicted octanol–water partition coefficient (Wildman–Crippen LogP) is 4.89. The van der Waals surface area contributed by atoms with E-state index < -0.39 is 0 Å². The number of benzene rings is 1. The van der Waals surface area contributed by atoms with Crippen molar-refractivity contribution in [3.05, 3.63) is 33.0 Å². The first-order valence-corrected chi connectivity index (χ1v) is 8.06. The third-order valence-corrected chi connectivity index (χ3v) is 6.89. The SMILES string of the molecule is CN1c2ccccc2-c2c(ssc2=S)C1(C)C. The molecule has 0 amide bonds. The van der Waals surface area contributed by atoms with E-state index in [0.29, 0.717) is 0 Å². The van der Waals surface area contributed by atoms with Crippen molar-refractivity contribution in [3.8, 4) is 11.1 Å². The fourth-order valence-corrected chi connectivity index (χ4v) is 5.65. The molecule has 0 fully saturated rings. The second-order valence-corrected chi connectivity index (χ2v) is 7.61. The highest BCUT2D eigenvalue weighted by molar-refractivity contribution is 7.80. The second kappa shape index (κ2) is 3.64. The van der Waals surface area contributed by atoms with Gasteiger partial charge in [0, 0.05) is 23.9 Å². The average molecular weight is 279 g/mol. The predicted molar refractivity (Wildman–Crippen MR) is 79.9 cm³/mol. The number of anilines is 1. The lowest BCUT2D eigenvalue weighted by Crippen LogP contribution is -2.40. The summed E-state index contributed by atoms with van der Waals surface area (Å²) in [5, 5.41) is 0. The monoisotopic (exact) mass is 279 g/mol. The maximum atomic E-state index is 5.50. The zero-order valence-corrected chi connectivity index (χ0v) is 12.4. The van der Waals surface area contributed by atoms with Crippen LogP contribution in [0, 0.1) is 3.82 Å². The third kappa shape index (κ3) is 1.44. The van der Waals surface area contributed by atoms with Crippen LogP contribution in [0.4, 0.5) is 5.69 Å². The molecule has 0 saturated carbocycles. The standard InChI is InChI=1S/C13H13NS3/c1-13(2)11-10(12(15)17-16-11)8-6-4-5-7-9(8)14(13)3/h4-7H,1-3H3. The Morgan fingerprint density at radius 1 is 1.18 bits per heavy atom. The minimum absolute atomic E-state index is 0.0297. The topological polar surface area (TPSA) is 3.24 Å². The van der Waals surface area contributed by atoms with Crippen molar-refractivity contribution in [2.45, 2.75) is 19.4 Å². The van der Waals surface area contributed by atoms with Crippen LogP contribution in [0.1, 0.15) is 18.7 Å². The first kappa shape index (κ1) is 11.4. The molecule has 2 heterocycles. The minimum Gasteiger partial charge on any atom is -0.364 e. The molecule has 88 valence electrons. The van der Waals surface area contributed by atoms with Crippen LogP contribution in [-0.4, -0.2) is 7.05 Å². The average Bonchev–Trinajstić information content (AvgIpc) is 2.70. The molecule has 17 heavy (non-hydrogen) atoms. The van der Waals surface area contributed by atoms with E-state index in [2.05, 4.69) is 50.1 Å². The molecule has 1 aliphatic rings. The molecule has 0 spiro atoms. The summed E-state index contributed by atoms with van der Waals surface area (Å²) in [6.07, 6.45) is 0. The van der Waals surface area contributed by atoms with Crippen molar-refractivity contribution in [3.63, 3.8) is 0 Å². The highest BCUT2D eigenvalue weighted by Gasteiger charge is 2.37. The van der Waals surface area contributed by atoms with Gasteiger partial charge in [-0.15, -0.1) is 0 Å². The van der Waals surface area contributed by atoms with Gasteiger partial charge >= 0.3 is 0 Å². The van der Waals surface area contributed by atoms with Crippen LogP contribution in [0.2, 0.25) is 0 Å². The van der Waals surface area contributed by atoms with Crippen LogP contribution in [-0.2, 0) is 5.54 Å². The lowest BCUT2D eigenvalue weighted by Gasteiger charge is -2.42. The van der Waals surface area contributed by atoms with Crippen molar-refractivity contribution in [1.82, 2.24) is 0 Å². The normalized spacial score (nSPS) is 16.5. The summed E-state index contributed by atoms with van der Waals surface area (Å²) in [5.41, 5.74) is 3.88. The molecule has 0 aliphatic carbocycles. The van der Waals surface area contributed by atoms with Gasteiger partial charge in [-0.05, 0) is 19.9 Å². The van der Waals surface area contributed by atoms with E-state index >= 15 is 0 Å². The fourth-order valence-electron chi connectivity index (χ4n) is 2.33. The molecule has 1 aliphatic heterocycles. The van der Waals surface area contributed by atoms with E-state index in [1.54, 1.807) is 10.3 Å². The first-order valence-electron chi connectivity index (χ1n) is 5.50.